The summed E-state index contributed by atoms with van der Waals surface area (Å²) in [6.07, 6.45) is 1.47. The fraction of sp³-hybridized carbons (Fsp3) is 0.867. The van der Waals surface area contributed by atoms with Gasteiger partial charge in [-0.15, -0.1) is 0 Å². The molecular formula is C15H27N3O3. The maximum atomic E-state index is 12.6. The van der Waals surface area contributed by atoms with Gasteiger partial charge in [0.15, 0.2) is 0 Å². The number of piperidine rings is 1. The Morgan fingerprint density at radius 3 is 2.38 bits per heavy atom. The molecule has 0 aromatic carbocycles. The molecule has 0 bridgehead atoms. The highest BCUT2D eigenvalue weighted by atomic mass is 16.6. The van der Waals surface area contributed by atoms with Gasteiger partial charge in [0.2, 0.25) is 5.91 Å². The number of amides is 2. The zero-order chi connectivity index (χ0) is 15.2. The van der Waals surface area contributed by atoms with Crippen molar-refractivity contribution in [2.24, 2.45) is 5.92 Å². The first-order chi connectivity index (χ1) is 10.2. The summed E-state index contributed by atoms with van der Waals surface area (Å²) in [7, 11) is 0. The molecular weight excluding hydrogens is 270 g/mol. The zero-order valence-electron chi connectivity index (χ0n) is 13.2. The minimum absolute atomic E-state index is 0.0590. The van der Waals surface area contributed by atoms with Crippen molar-refractivity contribution >= 4 is 12.0 Å². The number of ether oxygens (including phenoxy) is 1. The summed E-state index contributed by atoms with van der Waals surface area (Å²) in [5, 5.41) is 0. The van der Waals surface area contributed by atoms with E-state index in [9.17, 15) is 9.59 Å². The fourth-order valence-corrected chi connectivity index (χ4v) is 3.10. The Kier molecular flexibility index (Phi) is 5.85. The summed E-state index contributed by atoms with van der Waals surface area (Å²) < 4.78 is 5.04. The van der Waals surface area contributed by atoms with E-state index in [1.165, 1.54) is 0 Å². The van der Waals surface area contributed by atoms with E-state index < -0.39 is 0 Å². The molecule has 2 aliphatic heterocycles. The third kappa shape index (κ3) is 4.09. The minimum atomic E-state index is -0.286. The summed E-state index contributed by atoms with van der Waals surface area (Å²) in [6, 6.07) is 0. The van der Waals surface area contributed by atoms with Crippen LogP contribution in [0.15, 0.2) is 0 Å². The summed E-state index contributed by atoms with van der Waals surface area (Å²) in [6.45, 7) is 10.1. The number of hydrogen-bond donors (Lipinski definition) is 0. The largest absolute Gasteiger partial charge is 0.450 e. The van der Waals surface area contributed by atoms with Gasteiger partial charge in [0.05, 0.1) is 12.5 Å². The lowest BCUT2D eigenvalue weighted by Crippen LogP contribution is -2.53. The van der Waals surface area contributed by atoms with Crippen LogP contribution in [-0.4, -0.2) is 79.1 Å². The molecule has 0 aromatic rings. The Labute approximate surface area is 127 Å². The molecule has 2 amide bonds. The fourth-order valence-electron chi connectivity index (χ4n) is 3.10. The van der Waals surface area contributed by atoms with Crippen molar-refractivity contribution in [2.75, 3.05) is 52.4 Å². The van der Waals surface area contributed by atoms with Crippen LogP contribution in [0.3, 0.4) is 0 Å². The third-order valence-corrected chi connectivity index (χ3v) is 4.43. The average molecular weight is 297 g/mol. The Hall–Kier alpha value is -1.30. The Bertz CT molecular complexity index is 367. The molecule has 6 heteroatoms. The van der Waals surface area contributed by atoms with Crippen LogP contribution >= 0.6 is 0 Å². The van der Waals surface area contributed by atoms with Gasteiger partial charge >= 0.3 is 6.09 Å². The molecule has 0 N–H and O–H groups in total. The van der Waals surface area contributed by atoms with Crippen LogP contribution in [0.4, 0.5) is 4.79 Å². The summed E-state index contributed by atoms with van der Waals surface area (Å²) in [5.74, 6) is 0.149. The summed E-state index contributed by atoms with van der Waals surface area (Å²) in [4.78, 5) is 30.4. The normalized spacial score (nSPS) is 24.0. The molecule has 0 aromatic heterocycles. The van der Waals surface area contributed by atoms with Gasteiger partial charge in [-0.2, -0.15) is 0 Å². The highest BCUT2D eigenvalue weighted by Gasteiger charge is 2.32. The maximum Gasteiger partial charge on any atom is 0.409 e. The van der Waals surface area contributed by atoms with E-state index in [1.54, 1.807) is 11.8 Å². The molecule has 0 aliphatic carbocycles. The van der Waals surface area contributed by atoms with Gasteiger partial charge in [-0.25, -0.2) is 4.79 Å². The van der Waals surface area contributed by atoms with Gasteiger partial charge < -0.3 is 19.4 Å². The van der Waals surface area contributed by atoms with Crippen molar-refractivity contribution in [3.8, 4) is 0 Å². The number of piperazine rings is 1. The van der Waals surface area contributed by atoms with Gasteiger partial charge in [-0.3, -0.25) is 4.79 Å². The Balaban J connectivity index is 1.86. The van der Waals surface area contributed by atoms with E-state index in [0.717, 1.165) is 45.6 Å². The van der Waals surface area contributed by atoms with Gasteiger partial charge in [0.1, 0.15) is 0 Å². The standard InChI is InChI=1S/C15H27N3O3/c1-3-16-8-10-17(11-9-16)14(19)13-6-5-7-18(12-13)15(20)21-4-2/h13H,3-12H2,1-2H3. The van der Waals surface area contributed by atoms with E-state index >= 15 is 0 Å². The van der Waals surface area contributed by atoms with E-state index in [0.29, 0.717) is 19.7 Å². The highest BCUT2D eigenvalue weighted by molar-refractivity contribution is 5.80. The molecule has 0 radical (unpaired) electrons. The second-order valence-corrected chi connectivity index (χ2v) is 5.74. The molecule has 21 heavy (non-hydrogen) atoms. The SMILES string of the molecule is CCOC(=O)N1CCCC(C(=O)N2CCN(CC)CC2)C1. The van der Waals surface area contributed by atoms with Gasteiger partial charge in [-0.05, 0) is 26.3 Å². The first kappa shape index (κ1) is 16.1. The summed E-state index contributed by atoms with van der Waals surface area (Å²) >= 11 is 0. The van der Waals surface area contributed by atoms with Crippen molar-refractivity contribution < 1.29 is 14.3 Å². The van der Waals surface area contributed by atoms with Crippen molar-refractivity contribution in [1.29, 1.82) is 0 Å². The number of carbonyl (C=O) groups excluding carboxylic acids is 2. The monoisotopic (exact) mass is 297 g/mol. The zero-order valence-corrected chi connectivity index (χ0v) is 13.2. The van der Waals surface area contributed by atoms with Crippen molar-refractivity contribution in [2.45, 2.75) is 26.7 Å². The maximum absolute atomic E-state index is 12.6. The van der Waals surface area contributed by atoms with Gasteiger partial charge in [0.25, 0.3) is 0 Å². The van der Waals surface area contributed by atoms with Crippen LogP contribution in [0.5, 0.6) is 0 Å². The van der Waals surface area contributed by atoms with Gasteiger partial charge in [0, 0.05) is 39.3 Å². The van der Waals surface area contributed by atoms with Gasteiger partial charge in [-0.1, -0.05) is 6.92 Å². The Morgan fingerprint density at radius 2 is 1.76 bits per heavy atom. The molecule has 2 saturated heterocycles. The van der Waals surface area contributed by atoms with Crippen LogP contribution in [0.1, 0.15) is 26.7 Å². The van der Waals surface area contributed by atoms with Crippen molar-refractivity contribution in [3.63, 3.8) is 0 Å². The third-order valence-electron chi connectivity index (χ3n) is 4.43. The van der Waals surface area contributed by atoms with E-state index in [2.05, 4.69) is 11.8 Å². The topological polar surface area (TPSA) is 53.1 Å². The minimum Gasteiger partial charge on any atom is -0.450 e. The van der Waals surface area contributed by atoms with Crippen molar-refractivity contribution in [1.82, 2.24) is 14.7 Å². The predicted octanol–water partition coefficient (Wildman–Crippen LogP) is 1.02. The van der Waals surface area contributed by atoms with Crippen LogP contribution in [-0.2, 0) is 9.53 Å². The lowest BCUT2D eigenvalue weighted by Gasteiger charge is -2.38. The first-order valence-electron chi connectivity index (χ1n) is 8.08. The molecule has 6 nitrogen and oxygen atoms in total. The number of rotatable bonds is 3. The predicted molar refractivity (Wildman–Crippen MR) is 80.0 cm³/mol. The molecule has 0 saturated carbocycles. The lowest BCUT2D eigenvalue weighted by atomic mass is 9.96. The highest BCUT2D eigenvalue weighted by Crippen LogP contribution is 2.20. The average Bonchev–Trinajstić information content (AvgIpc) is 2.54. The van der Waals surface area contributed by atoms with Crippen LogP contribution in [0.2, 0.25) is 0 Å². The quantitative estimate of drug-likeness (QED) is 0.780. The first-order valence-corrected chi connectivity index (χ1v) is 8.08. The lowest BCUT2D eigenvalue weighted by molar-refractivity contribution is -0.138. The van der Waals surface area contributed by atoms with Crippen LogP contribution in [0, 0.1) is 5.92 Å². The molecule has 120 valence electrons. The van der Waals surface area contributed by atoms with Crippen LogP contribution < -0.4 is 0 Å². The van der Waals surface area contributed by atoms with E-state index in [4.69, 9.17) is 4.74 Å². The molecule has 2 fully saturated rings. The summed E-state index contributed by atoms with van der Waals surface area (Å²) in [5.41, 5.74) is 0. The Morgan fingerprint density at radius 1 is 1.05 bits per heavy atom. The number of likely N-dealkylation sites (N-methyl/N-ethyl adjacent to an activating group) is 1. The second kappa shape index (κ2) is 7.64. The number of hydrogen-bond acceptors (Lipinski definition) is 4. The molecule has 0 spiro atoms. The van der Waals surface area contributed by atoms with E-state index in [-0.39, 0.29) is 17.9 Å². The van der Waals surface area contributed by atoms with Crippen molar-refractivity contribution in [3.05, 3.63) is 0 Å². The number of likely N-dealkylation sites (tertiary alicyclic amines) is 1. The molecule has 1 atom stereocenters. The molecule has 2 aliphatic rings. The number of nitrogens with zero attached hydrogens (tertiary/aromatic N) is 3. The second-order valence-electron chi connectivity index (χ2n) is 5.74. The molecule has 2 rings (SSSR count). The van der Waals surface area contributed by atoms with Crippen LogP contribution in [0.25, 0.3) is 0 Å². The smallest absolute Gasteiger partial charge is 0.409 e. The van der Waals surface area contributed by atoms with E-state index in [1.807, 2.05) is 4.90 Å². The number of carbonyl (C=O) groups is 2. The molecule has 2 heterocycles. The molecule has 1 unspecified atom stereocenters.